The molecule has 0 fully saturated rings. The summed E-state index contributed by atoms with van der Waals surface area (Å²) in [6.07, 6.45) is 26.0. The van der Waals surface area contributed by atoms with E-state index in [0.29, 0.717) is 5.92 Å². The van der Waals surface area contributed by atoms with Crippen molar-refractivity contribution in [3.63, 3.8) is 0 Å². The lowest BCUT2D eigenvalue weighted by molar-refractivity contribution is 0.121. The van der Waals surface area contributed by atoms with E-state index in [1.807, 2.05) is 0 Å². The Labute approximate surface area is 209 Å². The Morgan fingerprint density at radius 1 is 0.576 bits per heavy atom. The molecule has 2 N–H and O–H groups in total. The van der Waals surface area contributed by atoms with Crippen molar-refractivity contribution in [2.45, 2.75) is 154 Å². The molecule has 0 saturated carbocycles. The Balaban J connectivity index is 3.72. The van der Waals surface area contributed by atoms with Crippen molar-refractivity contribution in [1.29, 1.82) is 0 Å². The molecule has 33 heavy (non-hydrogen) atoms. The van der Waals surface area contributed by atoms with Gasteiger partial charge in [-0.15, -0.1) is 0 Å². The van der Waals surface area contributed by atoms with Crippen molar-refractivity contribution >= 4 is 8.80 Å². The highest BCUT2D eigenvalue weighted by Crippen LogP contribution is 2.28. The van der Waals surface area contributed by atoms with Gasteiger partial charge in [-0.3, -0.25) is 0 Å². The number of nitrogens with two attached hydrogens (primary N) is 1. The van der Waals surface area contributed by atoms with Crippen LogP contribution in [-0.4, -0.2) is 35.7 Å². The molecule has 0 saturated heterocycles. The average Bonchev–Trinajstić information content (AvgIpc) is 2.80. The zero-order chi connectivity index (χ0) is 24.8. The molecule has 0 aliphatic carbocycles. The Kier molecular flexibility index (Phi) is 21.4. The van der Waals surface area contributed by atoms with Crippen molar-refractivity contribution < 1.29 is 13.3 Å². The van der Waals surface area contributed by atoms with Crippen LogP contribution in [0.3, 0.4) is 0 Å². The van der Waals surface area contributed by atoms with Crippen LogP contribution < -0.4 is 5.73 Å². The second kappa shape index (κ2) is 21.3. The number of unbranched alkanes of at least 4 members (excludes halogenated alkanes) is 15. The third-order valence-electron chi connectivity index (χ3n) is 7.43. The largest absolute Gasteiger partial charge is 0.500 e. The van der Waals surface area contributed by atoms with Gasteiger partial charge in [-0.2, -0.15) is 0 Å². The summed E-state index contributed by atoms with van der Waals surface area (Å²) in [5.74, 6) is 0.543. The van der Waals surface area contributed by atoms with E-state index < -0.39 is 8.80 Å². The van der Waals surface area contributed by atoms with Gasteiger partial charge in [0.05, 0.1) is 0 Å². The fraction of sp³-hybridized carbons (Fsp3) is 1.00. The van der Waals surface area contributed by atoms with Crippen LogP contribution in [0.5, 0.6) is 0 Å². The number of rotatable bonds is 25. The summed E-state index contributed by atoms with van der Waals surface area (Å²) in [6, 6.07) is 0.863. The first-order valence-corrected chi connectivity index (χ1v) is 16.2. The summed E-state index contributed by atoms with van der Waals surface area (Å²) in [4.78, 5) is 0. The molecular formula is C28H61NO3Si. The highest BCUT2D eigenvalue weighted by Gasteiger charge is 2.37. The maximum atomic E-state index is 6.51. The van der Waals surface area contributed by atoms with Crippen molar-refractivity contribution in [2.24, 2.45) is 11.7 Å². The van der Waals surface area contributed by atoms with Crippen molar-refractivity contribution in [3.8, 4) is 0 Å². The zero-order valence-corrected chi connectivity index (χ0v) is 24.5. The average molecular weight is 488 g/mol. The highest BCUT2D eigenvalue weighted by molar-refractivity contribution is 6.60. The molecule has 0 aromatic heterocycles. The van der Waals surface area contributed by atoms with Gasteiger partial charge in [0.2, 0.25) is 0 Å². The van der Waals surface area contributed by atoms with Crippen LogP contribution in [0, 0.1) is 5.92 Å². The maximum Gasteiger partial charge on any atom is 0.500 e. The lowest BCUT2D eigenvalue weighted by Gasteiger charge is -2.32. The third-order valence-corrected chi connectivity index (χ3v) is 10.3. The minimum atomic E-state index is -2.46. The molecule has 0 spiro atoms. The van der Waals surface area contributed by atoms with Crippen LogP contribution in [0.25, 0.3) is 0 Å². The number of hydrogen-bond donors (Lipinski definition) is 1. The molecule has 0 radical (unpaired) electrons. The Morgan fingerprint density at radius 3 is 1.24 bits per heavy atom. The van der Waals surface area contributed by atoms with Crippen LogP contribution in [0.4, 0.5) is 0 Å². The minimum absolute atomic E-state index is 0.132. The Hall–Kier alpha value is 0.0569. The standard InChI is InChI=1S/C28H61NO3Si/c1-7-8-9-10-11-12-13-14-15-16-17-18-19-20-21-22-24-27(28(2,3)29)25-23-26-33(30-4,31-5)32-6/h27H,7-26,29H2,1-6H3. The topological polar surface area (TPSA) is 53.7 Å². The molecular weight excluding hydrogens is 426 g/mol. The molecule has 1 unspecified atom stereocenters. The van der Waals surface area contributed by atoms with Gasteiger partial charge in [-0.25, -0.2) is 0 Å². The Morgan fingerprint density at radius 2 is 0.909 bits per heavy atom. The van der Waals surface area contributed by atoms with Crippen LogP contribution in [0.1, 0.15) is 143 Å². The molecule has 0 rings (SSSR count). The first-order valence-electron chi connectivity index (χ1n) is 14.3. The number of hydrogen-bond acceptors (Lipinski definition) is 4. The van der Waals surface area contributed by atoms with Crippen LogP contribution >= 0.6 is 0 Å². The van der Waals surface area contributed by atoms with Crippen molar-refractivity contribution in [1.82, 2.24) is 0 Å². The zero-order valence-electron chi connectivity index (χ0n) is 23.5. The second-order valence-electron chi connectivity index (χ2n) is 10.8. The third kappa shape index (κ3) is 18.0. The van der Waals surface area contributed by atoms with Gasteiger partial charge in [-0.1, -0.05) is 110 Å². The van der Waals surface area contributed by atoms with Crippen LogP contribution in [0.2, 0.25) is 6.04 Å². The van der Waals surface area contributed by atoms with Gasteiger partial charge in [0, 0.05) is 32.9 Å². The molecule has 0 amide bonds. The summed E-state index contributed by atoms with van der Waals surface area (Å²) in [7, 11) is 2.62. The summed E-state index contributed by atoms with van der Waals surface area (Å²) < 4.78 is 16.7. The van der Waals surface area contributed by atoms with E-state index in [-0.39, 0.29) is 5.54 Å². The maximum absolute atomic E-state index is 6.51. The first kappa shape index (κ1) is 33.1. The first-order chi connectivity index (χ1) is 15.8. The smallest absolute Gasteiger partial charge is 0.377 e. The summed E-state index contributed by atoms with van der Waals surface area (Å²) in [5.41, 5.74) is 6.38. The molecule has 0 aliphatic heterocycles. The van der Waals surface area contributed by atoms with Gasteiger partial charge in [0.15, 0.2) is 0 Å². The van der Waals surface area contributed by atoms with Gasteiger partial charge in [0.25, 0.3) is 0 Å². The van der Waals surface area contributed by atoms with E-state index in [1.165, 1.54) is 109 Å². The highest BCUT2D eigenvalue weighted by atomic mass is 28.4. The quantitative estimate of drug-likeness (QED) is 0.103. The molecule has 1 atom stereocenters. The molecule has 4 nitrogen and oxygen atoms in total. The van der Waals surface area contributed by atoms with Gasteiger partial charge in [-0.05, 0) is 39.0 Å². The van der Waals surface area contributed by atoms with Gasteiger partial charge >= 0.3 is 8.80 Å². The molecule has 0 heterocycles. The minimum Gasteiger partial charge on any atom is -0.377 e. The van der Waals surface area contributed by atoms with Crippen LogP contribution in [-0.2, 0) is 13.3 Å². The van der Waals surface area contributed by atoms with E-state index >= 15 is 0 Å². The molecule has 0 aliphatic rings. The summed E-state index contributed by atoms with van der Waals surface area (Å²) >= 11 is 0. The van der Waals surface area contributed by atoms with Crippen molar-refractivity contribution in [2.75, 3.05) is 21.3 Å². The molecule has 0 aromatic carbocycles. The molecule has 0 aromatic rings. The van der Waals surface area contributed by atoms with E-state index in [1.54, 1.807) is 21.3 Å². The molecule has 5 heteroatoms. The molecule has 200 valence electrons. The lowest BCUT2D eigenvalue weighted by Crippen LogP contribution is -2.44. The van der Waals surface area contributed by atoms with E-state index in [9.17, 15) is 0 Å². The fourth-order valence-corrected chi connectivity index (χ4v) is 6.70. The second-order valence-corrected chi connectivity index (χ2v) is 13.9. The monoisotopic (exact) mass is 487 g/mol. The summed E-state index contributed by atoms with van der Waals surface area (Å²) in [6.45, 7) is 6.65. The normalized spacial score (nSPS) is 13.5. The van der Waals surface area contributed by atoms with Gasteiger partial charge in [0.1, 0.15) is 0 Å². The Bertz CT molecular complexity index is 402. The lowest BCUT2D eigenvalue weighted by atomic mass is 9.81. The summed E-state index contributed by atoms with van der Waals surface area (Å²) in [5, 5.41) is 0. The molecule has 0 bridgehead atoms. The predicted octanol–water partition coefficient (Wildman–Crippen LogP) is 8.65. The predicted molar refractivity (Wildman–Crippen MR) is 147 cm³/mol. The van der Waals surface area contributed by atoms with E-state index in [4.69, 9.17) is 19.0 Å². The van der Waals surface area contributed by atoms with Gasteiger partial charge < -0.3 is 19.0 Å². The van der Waals surface area contributed by atoms with E-state index in [2.05, 4.69) is 20.8 Å². The van der Waals surface area contributed by atoms with E-state index in [0.717, 1.165) is 18.9 Å². The van der Waals surface area contributed by atoms with Crippen molar-refractivity contribution in [3.05, 3.63) is 0 Å². The SMILES string of the molecule is CCCCCCCCCCCCCCCCCCC(CCC[Si](OC)(OC)OC)C(C)(C)N. The fourth-order valence-electron chi connectivity index (χ4n) is 4.95. The van der Waals surface area contributed by atoms with Crippen LogP contribution in [0.15, 0.2) is 0 Å².